The molecule has 0 unspecified atom stereocenters. The van der Waals surface area contributed by atoms with Gasteiger partial charge in [-0.15, -0.1) is 0 Å². The van der Waals surface area contributed by atoms with E-state index in [1.54, 1.807) is 41.1 Å². The zero-order chi connectivity index (χ0) is 21.6. The summed E-state index contributed by atoms with van der Waals surface area (Å²) in [4.78, 5) is 29.9. The Hall–Kier alpha value is -3.46. The topological polar surface area (TPSA) is 103 Å². The molecule has 5 rings (SSSR count). The van der Waals surface area contributed by atoms with Gasteiger partial charge >= 0.3 is 0 Å². The first-order valence-corrected chi connectivity index (χ1v) is 11.8. The minimum Gasteiger partial charge on any atom is -0.348 e. The van der Waals surface area contributed by atoms with Gasteiger partial charge in [0.1, 0.15) is 5.52 Å². The van der Waals surface area contributed by atoms with Crippen molar-refractivity contribution in [2.75, 3.05) is 11.5 Å². The molecule has 0 spiro atoms. The van der Waals surface area contributed by atoms with Crippen LogP contribution in [0.5, 0.6) is 0 Å². The number of nitrogens with zero attached hydrogens (tertiary/aromatic N) is 3. The second kappa shape index (κ2) is 7.35. The highest BCUT2D eigenvalue weighted by Gasteiger charge is 2.29. The molecule has 1 amide bonds. The Balaban J connectivity index is 1.41. The lowest BCUT2D eigenvalue weighted by molar-refractivity contribution is 0.0941. The summed E-state index contributed by atoms with van der Waals surface area (Å²) in [7, 11) is -3.05. The molecule has 1 N–H and O–H groups in total. The highest BCUT2D eigenvalue weighted by molar-refractivity contribution is 7.91. The van der Waals surface area contributed by atoms with Crippen molar-refractivity contribution in [3.63, 3.8) is 0 Å². The van der Waals surface area contributed by atoms with E-state index in [-0.39, 0.29) is 29.0 Å². The van der Waals surface area contributed by atoms with Crippen molar-refractivity contribution in [2.24, 2.45) is 0 Å². The van der Waals surface area contributed by atoms with Gasteiger partial charge in [-0.05, 0) is 48.4 Å². The SMILES string of the molecule is O=C(N[C@H]1CCS(=O)(=O)C1)c1ccc(Cn2c(=O)c3cccn3c3cccnc32)cc1. The average molecular weight is 436 g/mol. The summed E-state index contributed by atoms with van der Waals surface area (Å²) in [6, 6.07) is 14.0. The number of hydrogen-bond acceptors (Lipinski definition) is 5. The van der Waals surface area contributed by atoms with Crippen molar-refractivity contribution in [3.8, 4) is 0 Å². The maximum Gasteiger partial charge on any atom is 0.276 e. The van der Waals surface area contributed by atoms with Gasteiger partial charge in [-0.1, -0.05) is 12.1 Å². The third kappa shape index (κ3) is 3.61. The molecule has 0 radical (unpaired) electrons. The van der Waals surface area contributed by atoms with Crippen LogP contribution in [0.1, 0.15) is 22.3 Å². The molecular weight excluding hydrogens is 416 g/mol. The van der Waals surface area contributed by atoms with Gasteiger partial charge in [-0.2, -0.15) is 0 Å². The van der Waals surface area contributed by atoms with Gasteiger partial charge in [0.2, 0.25) is 0 Å². The molecular formula is C22H20N4O4S. The average Bonchev–Trinajstić information content (AvgIpc) is 3.38. The van der Waals surface area contributed by atoms with E-state index in [0.29, 0.717) is 29.7 Å². The number of hydrogen-bond donors (Lipinski definition) is 1. The van der Waals surface area contributed by atoms with Gasteiger partial charge in [0.25, 0.3) is 11.5 Å². The fourth-order valence-electron chi connectivity index (χ4n) is 4.05. The predicted octanol–water partition coefficient (Wildman–Crippen LogP) is 1.61. The van der Waals surface area contributed by atoms with E-state index < -0.39 is 9.84 Å². The zero-order valence-electron chi connectivity index (χ0n) is 16.6. The first kappa shape index (κ1) is 19.5. The Morgan fingerprint density at radius 2 is 1.87 bits per heavy atom. The minimum atomic E-state index is -3.05. The second-order valence-corrected chi connectivity index (χ2v) is 10.00. The van der Waals surface area contributed by atoms with Crippen molar-refractivity contribution >= 4 is 32.4 Å². The van der Waals surface area contributed by atoms with Crippen molar-refractivity contribution in [1.82, 2.24) is 19.3 Å². The summed E-state index contributed by atoms with van der Waals surface area (Å²) in [6.07, 6.45) is 3.94. The predicted molar refractivity (Wildman–Crippen MR) is 117 cm³/mol. The quantitative estimate of drug-likeness (QED) is 0.524. The highest BCUT2D eigenvalue weighted by Crippen LogP contribution is 2.16. The molecule has 1 aliphatic rings. The maximum absolute atomic E-state index is 13.0. The lowest BCUT2D eigenvalue weighted by atomic mass is 10.1. The van der Waals surface area contributed by atoms with Crippen LogP contribution >= 0.6 is 0 Å². The van der Waals surface area contributed by atoms with E-state index in [9.17, 15) is 18.0 Å². The van der Waals surface area contributed by atoms with Crippen LogP contribution in [0.4, 0.5) is 0 Å². The zero-order valence-corrected chi connectivity index (χ0v) is 17.4. The van der Waals surface area contributed by atoms with Gasteiger partial charge in [-0.3, -0.25) is 14.2 Å². The van der Waals surface area contributed by atoms with E-state index in [1.165, 1.54) is 0 Å². The van der Waals surface area contributed by atoms with E-state index in [0.717, 1.165) is 11.1 Å². The van der Waals surface area contributed by atoms with Gasteiger partial charge in [-0.25, -0.2) is 13.4 Å². The number of amides is 1. The summed E-state index contributed by atoms with van der Waals surface area (Å²) in [5, 5.41) is 2.78. The van der Waals surface area contributed by atoms with E-state index in [4.69, 9.17) is 0 Å². The van der Waals surface area contributed by atoms with Crippen LogP contribution in [0.15, 0.2) is 65.7 Å². The number of sulfone groups is 1. The van der Waals surface area contributed by atoms with Crippen LogP contribution in [0.3, 0.4) is 0 Å². The van der Waals surface area contributed by atoms with Gasteiger partial charge in [0.15, 0.2) is 15.5 Å². The number of fused-ring (bicyclic) bond motifs is 3. The number of carbonyl (C=O) groups is 1. The Morgan fingerprint density at radius 1 is 1.10 bits per heavy atom. The lowest BCUT2D eigenvalue weighted by Gasteiger charge is -2.13. The summed E-state index contributed by atoms with van der Waals surface area (Å²) in [5.41, 5.74) is 3.16. The number of aromatic nitrogens is 3. The van der Waals surface area contributed by atoms with Crippen molar-refractivity contribution < 1.29 is 13.2 Å². The molecule has 3 aromatic heterocycles. The summed E-state index contributed by atoms with van der Waals surface area (Å²) in [5.74, 6) is -0.200. The third-order valence-electron chi connectivity index (χ3n) is 5.62. The summed E-state index contributed by atoms with van der Waals surface area (Å²) >= 11 is 0. The normalized spacial score (nSPS) is 17.9. The number of carbonyl (C=O) groups excluding carboxylic acids is 1. The van der Waals surface area contributed by atoms with Crippen molar-refractivity contribution in [2.45, 2.75) is 19.0 Å². The molecule has 0 saturated carbocycles. The highest BCUT2D eigenvalue weighted by atomic mass is 32.2. The van der Waals surface area contributed by atoms with E-state index >= 15 is 0 Å². The second-order valence-electron chi connectivity index (χ2n) is 7.77. The fourth-order valence-corrected chi connectivity index (χ4v) is 5.73. The van der Waals surface area contributed by atoms with Crippen LogP contribution in [-0.2, 0) is 16.4 Å². The van der Waals surface area contributed by atoms with Crippen LogP contribution in [-0.4, -0.2) is 45.8 Å². The first-order valence-electron chi connectivity index (χ1n) is 9.96. The molecule has 158 valence electrons. The van der Waals surface area contributed by atoms with Crippen molar-refractivity contribution in [3.05, 3.63) is 82.4 Å². The van der Waals surface area contributed by atoms with Gasteiger partial charge in [0.05, 0.1) is 23.6 Å². The molecule has 9 heteroatoms. The summed E-state index contributed by atoms with van der Waals surface area (Å²) < 4.78 is 26.6. The largest absolute Gasteiger partial charge is 0.348 e. The van der Waals surface area contributed by atoms with Crippen LogP contribution in [0.2, 0.25) is 0 Å². The lowest BCUT2D eigenvalue weighted by Crippen LogP contribution is -2.35. The van der Waals surface area contributed by atoms with Gasteiger partial charge in [0, 0.05) is 24.0 Å². The number of benzene rings is 1. The molecule has 0 bridgehead atoms. The van der Waals surface area contributed by atoms with Crippen LogP contribution in [0.25, 0.3) is 16.7 Å². The van der Waals surface area contributed by atoms with Crippen LogP contribution < -0.4 is 10.9 Å². The number of pyridine rings is 1. The van der Waals surface area contributed by atoms with E-state index in [2.05, 4.69) is 10.3 Å². The minimum absolute atomic E-state index is 0.0119. The molecule has 4 heterocycles. The molecule has 1 aliphatic heterocycles. The van der Waals surface area contributed by atoms with E-state index in [1.807, 2.05) is 28.8 Å². The molecule has 0 aliphatic carbocycles. The Kier molecular flexibility index (Phi) is 4.62. The molecule has 1 atom stereocenters. The maximum atomic E-state index is 13.0. The fraction of sp³-hybridized carbons (Fsp3) is 0.227. The standard InChI is InChI=1S/C22H20N4O4S/c27-21(24-17-9-12-31(29,30)14-17)16-7-5-15(6-8-16)13-26-20-18(3-1-10-23-20)25-11-2-4-19(25)22(26)28/h1-8,10-11,17H,9,12-14H2,(H,24,27)/t17-/m0/s1. The molecule has 8 nitrogen and oxygen atoms in total. The Bertz CT molecular complexity index is 1470. The molecule has 1 aromatic carbocycles. The molecule has 1 saturated heterocycles. The smallest absolute Gasteiger partial charge is 0.276 e. The van der Waals surface area contributed by atoms with Crippen LogP contribution in [0, 0.1) is 0 Å². The Labute approximate surface area is 178 Å². The van der Waals surface area contributed by atoms with Crippen molar-refractivity contribution in [1.29, 1.82) is 0 Å². The summed E-state index contributed by atoms with van der Waals surface area (Å²) in [6.45, 7) is 0.316. The number of nitrogens with one attached hydrogen (secondary N) is 1. The van der Waals surface area contributed by atoms with Gasteiger partial charge < -0.3 is 9.72 Å². The molecule has 1 fully saturated rings. The third-order valence-corrected chi connectivity index (χ3v) is 7.39. The molecule has 31 heavy (non-hydrogen) atoms. The first-order chi connectivity index (χ1) is 14.9. The monoisotopic (exact) mass is 436 g/mol. The Morgan fingerprint density at radius 3 is 2.61 bits per heavy atom. The number of rotatable bonds is 4. The molecule has 4 aromatic rings.